The second-order valence-electron chi connectivity index (χ2n) is 4.48. The highest BCUT2D eigenvalue weighted by molar-refractivity contribution is 5.98. The van der Waals surface area contributed by atoms with E-state index >= 15 is 0 Å². The van der Waals surface area contributed by atoms with E-state index in [4.69, 9.17) is 0 Å². The van der Waals surface area contributed by atoms with Gasteiger partial charge in [0.25, 0.3) is 5.91 Å². The molecule has 0 saturated carbocycles. The van der Waals surface area contributed by atoms with Gasteiger partial charge in [0.1, 0.15) is 0 Å². The first-order chi connectivity index (χ1) is 9.00. The Kier molecular flexibility index (Phi) is 3.66. The molecule has 1 amide bonds. The molecule has 0 spiro atoms. The van der Waals surface area contributed by atoms with Crippen molar-refractivity contribution in [3.8, 4) is 5.75 Å². The first-order valence-electron chi connectivity index (χ1n) is 5.94. The average molecular weight is 266 g/mol. The number of likely N-dealkylation sites (tertiary alicyclic amines) is 1. The smallest absolute Gasteiger partial charge is 0.311 e. The van der Waals surface area contributed by atoms with E-state index in [-0.39, 0.29) is 12.1 Å². The molecule has 2 N–H and O–H groups in total. The van der Waals surface area contributed by atoms with E-state index in [2.05, 4.69) is 0 Å². The third-order valence-corrected chi connectivity index (χ3v) is 3.13. The van der Waals surface area contributed by atoms with Crippen molar-refractivity contribution in [1.82, 2.24) is 4.90 Å². The number of hydrogen-bond acceptors (Lipinski definition) is 5. The first-order valence-corrected chi connectivity index (χ1v) is 5.94. The molecule has 1 heterocycles. The Morgan fingerprint density at radius 3 is 2.84 bits per heavy atom. The Hall–Kier alpha value is -2.15. The zero-order chi connectivity index (χ0) is 14.0. The number of β-amino-alcohol motifs (C(OH)–C–C–N with tert-alkyl or cyclic N) is 1. The van der Waals surface area contributed by atoms with Crippen molar-refractivity contribution in [2.45, 2.75) is 18.9 Å². The molecular formula is C12H14N2O5. The molecule has 1 aromatic carbocycles. The standard InChI is InChI=1S/C12H14N2O5/c15-8-3-2-6-13(7-8)12(17)9-4-1-5-10(11(9)16)14(18)19/h1,4-5,8,15-16H,2-3,6-7H2. The number of aromatic hydroxyl groups is 1. The SMILES string of the molecule is O=C(c1cccc([N+](=O)[O-])c1O)N1CCCC(O)C1. The number of carbonyl (C=O) groups excluding carboxylic acids is 1. The molecule has 2 rings (SSSR count). The third kappa shape index (κ3) is 2.65. The summed E-state index contributed by atoms with van der Waals surface area (Å²) in [7, 11) is 0. The van der Waals surface area contributed by atoms with Gasteiger partial charge in [-0.1, -0.05) is 6.07 Å². The summed E-state index contributed by atoms with van der Waals surface area (Å²) in [6.07, 6.45) is 0.714. The second-order valence-corrected chi connectivity index (χ2v) is 4.48. The number of nitrogens with zero attached hydrogens (tertiary/aromatic N) is 2. The van der Waals surface area contributed by atoms with Gasteiger partial charge in [0.15, 0.2) is 0 Å². The van der Waals surface area contributed by atoms with E-state index < -0.39 is 28.4 Å². The number of benzene rings is 1. The van der Waals surface area contributed by atoms with Crippen LogP contribution in [0.4, 0.5) is 5.69 Å². The van der Waals surface area contributed by atoms with E-state index in [1.807, 2.05) is 0 Å². The number of aliphatic hydroxyl groups is 1. The maximum absolute atomic E-state index is 12.2. The Balaban J connectivity index is 2.28. The quantitative estimate of drug-likeness (QED) is 0.611. The molecule has 7 heteroatoms. The van der Waals surface area contributed by atoms with Crippen molar-refractivity contribution in [2.24, 2.45) is 0 Å². The molecule has 0 aromatic heterocycles. The Labute approximate surface area is 109 Å². The van der Waals surface area contributed by atoms with E-state index in [0.29, 0.717) is 19.4 Å². The molecule has 1 unspecified atom stereocenters. The molecule has 1 saturated heterocycles. The number of phenolic OH excluding ortho intramolecular Hbond substituents is 1. The van der Waals surface area contributed by atoms with Crippen molar-refractivity contribution in [2.75, 3.05) is 13.1 Å². The lowest BCUT2D eigenvalue weighted by molar-refractivity contribution is -0.385. The average Bonchev–Trinajstić information content (AvgIpc) is 2.38. The number of para-hydroxylation sites is 1. The van der Waals surface area contributed by atoms with Crippen molar-refractivity contribution in [1.29, 1.82) is 0 Å². The molecule has 1 aliphatic heterocycles. The number of hydrogen-bond donors (Lipinski definition) is 2. The number of aliphatic hydroxyl groups excluding tert-OH is 1. The van der Waals surface area contributed by atoms with Gasteiger partial charge in [-0.25, -0.2) is 0 Å². The predicted molar refractivity (Wildman–Crippen MR) is 65.9 cm³/mol. The lowest BCUT2D eigenvalue weighted by Gasteiger charge is -2.30. The summed E-state index contributed by atoms with van der Waals surface area (Å²) in [5.41, 5.74) is -0.605. The van der Waals surface area contributed by atoms with E-state index in [1.54, 1.807) is 0 Å². The van der Waals surface area contributed by atoms with Crippen LogP contribution in [0, 0.1) is 10.1 Å². The van der Waals surface area contributed by atoms with Crippen LogP contribution in [0.5, 0.6) is 5.75 Å². The molecule has 0 aliphatic carbocycles. The second kappa shape index (κ2) is 5.23. The van der Waals surface area contributed by atoms with Gasteiger partial charge in [-0.3, -0.25) is 14.9 Å². The molecule has 102 valence electrons. The highest BCUT2D eigenvalue weighted by atomic mass is 16.6. The van der Waals surface area contributed by atoms with Gasteiger partial charge in [0.05, 0.1) is 16.6 Å². The van der Waals surface area contributed by atoms with Crippen molar-refractivity contribution >= 4 is 11.6 Å². The number of rotatable bonds is 2. The minimum Gasteiger partial charge on any atom is -0.502 e. The van der Waals surface area contributed by atoms with Crippen LogP contribution in [0.3, 0.4) is 0 Å². The maximum Gasteiger partial charge on any atom is 0.311 e. The lowest BCUT2D eigenvalue weighted by atomic mass is 10.1. The third-order valence-electron chi connectivity index (χ3n) is 3.13. The van der Waals surface area contributed by atoms with Crippen LogP contribution in [0.15, 0.2) is 18.2 Å². The molecule has 1 aliphatic rings. The van der Waals surface area contributed by atoms with Crippen LogP contribution in [-0.2, 0) is 0 Å². The fourth-order valence-electron chi connectivity index (χ4n) is 2.16. The largest absolute Gasteiger partial charge is 0.502 e. The van der Waals surface area contributed by atoms with Gasteiger partial charge < -0.3 is 15.1 Å². The monoisotopic (exact) mass is 266 g/mol. The number of carbonyl (C=O) groups is 1. The van der Waals surface area contributed by atoms with Crippen LogP contribution in [-0.4, -0.2) is 45.1 Å². The molecule has 0 radical (unpaired) electrons. The lowest BCUT2D eigenvalue weighted by Crippen LogP contribution is -2.42. The minimum absolute atomic E-state index is 0.108. The molecule has 1 fully saturated rings. The Morgan fingerprint density at radius 2 is 2.21 bits per heavy atom. The van der Waals surface area contributed by atoms with Crippen LogP contribution < -0.4 is 0 Å². The molecule has 0 bridgehead atoms. The number of amides is 1. The van der Waals surface area contributed by atoms with Crippen LogP contribution in [0.1, 0.15) is 23.2 Å². The zero-order valence-corrected chi connectivity index (χ0v) is 10.2. The fourth-order valence-corrected chi connectivity index (χ4v) is 2.16. The van der Waals surface area contributed by atoms with Crippen LogP contribution >= 0.6 is 0 Å². The number of nitro groups is 1. The summed E-state index contributed by atoms with van der Waals surface area (Å²) in [4.78, 5) is 23.5. The van der Waals surface area contributed by atoms with Gasteiger partial charge in [0, 0.05) is 19.2 Å². The van der Waals surface area contributed by atoms with Gasteiger partial charge in [-0.15, -0.1) is 0 Å². The minimum atomic E-state index is -0.739. The molecule has 1 aromatic rings. The predicted octanol–water partition coefficient (Wildman–Crippen LogP) is 0.897. The van der Waals surface area contributed by atoms with Gasteiger partial charge in [0.2, 0.25) is 5.75 Å². The topological polar surface area (TPSA) is 104 Å². The number of nitro benzene ring substituents is 1. The normalized spacial score (nSPS) is 19.2. The van der Waals surface area contributed by atoms with Gasteiger partial charge in [-0.2, -0.15) is 0 Å². The summed E-state index contributed by atoms with van der Waals surface area (Å²) in [5, 5.41) is 30.0. The Bertz CT molecular complexity index is 517. The molecular weight excluding hydrogens is 252 g/mol. The molecule has 1 atom stereocenters. The van der Waals surface area contributed by atoms with Gasteiger partial charge >= 0.3 is 5.69 Å². The van der Waals surface area contributed by atoms with Crippen molar-refractivity contribution in [3.05, 3.63) is 33.9 Å². The summed E-state index contributed by atoms with van der Waals surface area (Å²) in [6.45, 7) is 0.652. The summed E-state index contributed by atoms with van der Waals surface area (Å²) < 4.78 is 0. The van der Waals surface area contributed by atoms with Crippen molar-refractivity contribution in [3.63, 3.8) is 0 Å². The molecule has 19 heavy (non-hydrogen) atoms. The van der Waals surface area contributed by atoms with E-state index in [0.717, 1.165) is 6.07 Å². The number of piperidine rings is 1. The number of phenols is 1. The van der Waals surface area contributed by atoms with Gasteiger partial charge in [-0.05, 0) is 18.9 Å². The highest BCUT2D eigenvalue weighted by Gasteiger charge is 2.27. The summed E-state index contributed by atoms with van der Waals surface area (Å²) >= 11 is 0. The maximum atomic E-state index is 12.2. The van der Waals surface area contributed by atoms with Crippen LogP contribution in [0.25, 0.3) is 0 Å². The van der Waals surface area contributed by atoms with Crippen LogP contribution in [0.2, 0.25) is 0 Å². The zero-order valence-electron chi connectivity index (χ0n) is 10.2. The van der Waals surface area contributed by atoms with E-state index in [1.165, 1.54) is 17.0 Å². The highest BCUT2D eigenvalue weighted by Crippen LogP contribution is 2.30. The summed E-state index contributed by atoms with van der Waals surface area (Å²) in [5.74, 6) is -1.13. The molecule has 7 nitrogen and oxygen atoms in total. The fraction of sp³-hybridized carbons (Fsp3) is 0.417. The summed E-state index contributed by atoms with van der Waals surface area (Å²) in [6, 6.07) is 3.83. The first kappa shape index (κ1) is 13.3. The van der Waals surface area contributed by atoms with Crippen molar-refractivity contribution < 1.29 is 19.9 Å². The van der Waals surface area contributed by atoms with E-state index in [9.17, 15) is 25.1 Å². The Morgan fingerprint density at radius 1 is 1.47 bits per heavy atom.